The SMILES string of the molecule is CCN(Cc1ccc(OCc2cccs2)c(OC)c1)C(=O)c1cc(=O)c2ccccc2o1. The zero-order valence-corrected chi connectivity index (χ0v) is 18.7. The number of fused-ring (bicyclic) bond motifs is 1. The summed E-state index contributed by atoms with van der Waals surface area (Å²) in [5.41, 5.74) is 1.04. The molecule has 0 aliphatic carbocycles. The van der Waals surface area contributed by atoms with Gasteiger partial charge in [0.25, 0.3) is 5.91 Å². The molecule has 0 bridgehead atoms. The molecule has 0 aliphatic heterocycles. The van der Waals surface area contributed by atoms with E-state index in [4.69, 9.17) is 13.9 Å². The second-order valence-electron chi connectivity index (χ2n) is 7.14. The zero-order chi connectivity index (χ0) is 22.5. The second-order valence-corrected chi connectivity index (χ2v) is 8.18. The fourth-order valence-electron chi connectivity index (χ4n) is 3.39. The summed E-state index contributed by atoms with van der Waals surface area (Å²) >= 11 is 1.63. The highest BCUT2D eigenvalue weighted by Crippen LogP contribution is 2.30. The Balaban J connectivity index is 1.52. The van der Waals surface area contributed by atoms with Gasteiger partial charge in [-0.05, 0) is 48.2 Å². The lowest BCUT2D eigenvalue weighted by Crippen LogP contribution is -2.31. The monoisotopic (exact) mass is 449 g/mol. The van der Waals surface area contributed by atoms with E-state index >= 15 is 0 Å². The Morgan fingerprint density at radius 2 is 1.91 bits per heavy atom. The molecule has 0 spiro atoms. The van der Waals surface area contributed by atoms with E-state index in [1.165, 1.54) is 6.07 Å². The molecule has 4 rings (SSSR count). The molecule has 7 heteroatoms. The van der Waals surface area contributed by atoms with Crippen molar-refractivity contribution in [2.75, 3.05) is 13.7 Å². The molecule has 2 heterocycles. The minimum Gasteiger partial charge on any atom is -0.493 e. The lowest BCUT2D eigenvalue weighted by Gasteiger charge is -2.21. The Bertz CT molecular complexity index is 1280. The Morgan fingerprint density at radius 1 is 1.06 bits per heavy atom. The van der Waals surface area contributed by atoms with Crippen molar-refractivity contribution >= 4 is 28.2 Å². The number of methoxy groups -OCH3 is 1. The fourth-order valence-corrected chi connectivity index (χ4v) is 4.00. The summed E-state index contributed by atoms with van der Waals surface area (Å²) < 4.78 is 17.1. The first-order valence-electron chi connectivity index (χ1n) is 10.2. The maximum atomic E-state index is 13.1. The molecule has 0 aliphatic rings. The molecule has 6 nitrogen and oxygen atoms in total. The smallest absolute Gasteiger partial charge is 0.290 e. The average Bonchev–Trinajstić information content (AvgIpc) is 3.34. The standard InChI is InChI=1S/C25H23NO5S/c1-3-26(25(28)24-14-20(27)19-8-4-5-9-21(19)31-24)15-17-10-11-22(23(13-17)29-2)30-16-18-7-6-12-32-18/h4-14H,3,15-16H2,1-2H3. The highest BCUT2D eigenvalue weighted by Gasteiger charge is 2.19. The third-order valence-electron chi connectivity index (χ3n) is 5.07. The van der Waals surface area contributed by atoms with Crippen LogP contribution in [0.3, 0.4) is 0 Å². The number of hydrogen-bond acceptors (Lipinski definition) is 6. The van der Waals surface area contributed by atoms with Crippen LogP contribution >= 0.6 is 11.3 Å². The molecule has 164 valence electrons. The van der Waals surface area contributed by atoms with Crippen LogP contribution < -0.4 is 14.9 Å². The number of hydrogen-bond donors (Lipinski definition) is 0. The largest absolute Gasteiger partial charge is 0.493 e. The van der Waals surface area contributed by atoms with Gasteiger partial charge in [-0.1, -0.05) is 24.3 Å². The first-order chi connectivity index (χ1) is 15.6. The Labute approximate surface area is 189 Å². The highest BCUT2D eigenvalue weighted by atomic mass is 32.1. The fraction of sp³-hybridized carbons (Fsp3) is 0.200. The van der Waals surface area contributed by atoms with Gasteiger partial charge in [-0.2, -0.15) is 0 Å². The summed E-state index contributed by atoms with van der Waals surface area (Å²) in [4.78, 5) is 28.2. The van der Waals surface area contributed by atoms with E-state index in [1.54, 1.807) is 47.6 Å². The highest BCUT2D eigenvalue weighted by molar-refractivity contribution is 7.09. The molecule has 0 atom stereocenters. The van der Waals surface area contributed by atoms with E-state index in [-0.39, 0.29) is 17.1 Å². The van der Waals surface area contributed by atoms with Crippen LogP contribution in [0.15, 0.2) is 75.3 Å². The van der Waals surface area contributed by atoms with E-state index in [0.717, 1.165) is 10.4 Å². The molecule has 0 N–H and O–H groups in total. The number of thiophene rings is 1. The van der Waals surface area contributed by atoms with E-state index in [0.29, 0.717) is 42.2 Å². The normalized spacial score (nSPS) is 10.8. The Morgan fingerprint density at radius 3 is 2.66 bits per heavy atom. The lowest BCUT2D eigenvalue weighted by atomic mass is 10.1. The molecule has 2 aromatic carbocycles. The van der Waals surface area contributed by atoms with Crippen molar-refractivity contribution in [1.29, 1.82) is 0 Å². The number of amides is 1. The molecule has 1 amide bonds. The van der Waals surface area contributed by atoms with Gasteiger partial charge >= 0.3 is 0 Å². The minimum absolute atomic E-state index is 0.0263. The second kappa shape index (κ2) is 9.70. The Kier molecular flexibility index (Phi) is 6.56. The van der Waals surface area contributed by atoms with Crippen molar-refractivity contribution in [2.24, 2.45) is 0 Å². The Hall–Kier alpha value is -3.58. The molecule has 0 radical (unpaired) electrons. The van der Waals surface area contributed by atoms with Crippen LogP contribution in [0.5, 0.6) is 11.5 Å². The molecule has 0 unspecified atom stereocenters. The summed E-state index contributed by atoms with van der Waals surface area (Å²) in [6, 6.07) is 17.8. The third-order valence-corrected chi connectivity index (χ3v) is 5.92. The number of carbonyl (C=O) groups is 1. The van der Waals surface area contributed by atoms with Gasteiger partial charge in [0.05, 0.1) is 12.5 Å². The quantitative estimate of drug-likeness (QED) is 0.374. The molecule has 0 fully saturated rings. The summed E-state index contributed by atoms with van der Waals surface area (Å²) in [6.45, 7) is 3.14. The topological polar surface area (TPSA) is 69.0 Å². The summed E-state index contributed by atoms with van der Waals surface area (Å²) in [6.07, 6.45) is 0. The maximum Gasteiger partial charge on any atom is 0.290 e. The number of carbonyl (C=O) groups excluding carboxylic acids is 1. The van der Waals surface area contributed by atoms with Crippen LogP contribution in [0, 0.1) is 0 Å². The van der Waals surface area contributed by atoms with Gasteiger partial charge in [-0.15, -0.1) is 11.3 Å². The van der Waals surface area contributed by atoms with Gasteiger partial charge in [0.15, 0.2) is 22.7 Å². The number of para-hydroxylation sites is 1. The van der Waals surface area contributed by atoms with Gasteiger partial charge in [-0.25, -0.2) is 0 Å². The van der Waals surface area contributed by atoms with E-state index in [1.807, 2.05) is 42.6 Å². The third kappa shape index (κ3) is 4.68. The molecule has 4 aromatic rings. The first-order valence-corrected chi connectivity index (χ1v) is 11.1. The number of ether oxygens (including phenoxy) is 2. The predicted molar refractivity (Wildman–Crippen MR) is 125 cm³/mol. The zero-order valence-electron chi connectivity index (χ0n) is 17.9. The number of rotatable bonds is 8. The van der Waals surface area contributed by atoms with Crippen molar-refractivity contribution in [3.63, 3.8) is 0 Å². The van der Waals surface area contributed by atoms with E-state index < -0.39 is 0 Å². The van der Waals surface area contributed by atoms with Gasteiger partial charge in [0.2, 0.25) is 0 Å². The molecule has 2 aromatic heterocycles. The molecular weight excluding hydrogens is 426 g/mol. The van der Waals surface area contributed by atoms with Crippen LogP contribution in [-0.4, -0.2) is 24.5 Å². The van der Waals surface area contributed by atoms with Gasteiger partial charge in [-0.3, -0.25) is 9.59 Å². The maximum absolute atomic E-state index is 13.1. The number of nitrogens with zero attached hydrogens (tertiary/aromatic N) is 1. The summed E-state index contributed by atoms with van der Waals surface area (Å²) in [5, 5.41) is 2.46. The van der Waals surface area contributed by atoms with Crippen LogP contribution in [0.1, 0.15) is 27.9 Å². The predicted octanol–water partition coefficient (Wildman–Crippen LogP) is 5.10. The van der Waals surface area contributed by atoms with Crippen molar-refractivity contribution in [1.82, 2.24) is 4.90 Å². The van der Waals surface area contributed by atoms with Crippen LogP contribution in [0.2, 0.25) is 0 Å². The summed E-state index contributed by atoms with van der Waals surface area (Å²) in [5.74, 6) is 0.921. The molecular formula is C25H23NO5S. The van der Waals surface area contributed by atoms with E-state index in [2.05, 4.69) is 0 Å². The van der Waals surface area contributed by atoms with E-state index in [9.17, 15) is 9.59 Å². The molecule has 0 saturated carbocycles. The van der Waals surface area contributed by atoms with Crippen LogP contribution in [0.4, 0.5) is 0 Å². The molecule has 0 saturated heterocycles. The van der Waals surface area contributed by atoms with Crippen molar-refractivity contribution in [3.8, 4) is 11.5 Å². The van der Waals surface area contributed by atoms with Gasteiger partial charge in [0.1, 0.15) is 12.2 Å². The first kappa shape index (κ1) is 21.6. The van der Waals surface area contributed by atoms with Gasteiger partial charge < -0.3 is 18.8 Å². The molecule has 32 heavy (non-hydrogen) atoms. The summed E-state index contributed by atoms with van der Waals surface area (Å²) in [7, 11) is 1.59. The van der Waals surface area contributed by atoms with Crippen LogP contribution in [0.25, 0.3) is 11.0 Å². The van der Waals surface area contributed by atoms with Crippen molar-refractivity contribution in [2.45, 2.75) is 20.1 Å². The lowest BCUT2D eigenvalue weighted by molar-refractivity contribution is 0.0721. The number of benzene rings is 2. The van der Waals surface area contributed by atoms with Gasteiger partial charge in [0, 0.05) is 24.0 Å². The van der Waals surface area contributed by atoms with Crippen LogP contribution in [-0.2, 0) is 13.2 Å². The minimum atomic E-state index is -0.340. The van der Waals surface area contributed by atoms with Crippen molar-refractivity contribution < 1.29 is 18.7 Å². The van der Waals surface area contributed by atoms with Crippen molar-refractivity contribution in [3.05, 3.63) is 92.5 Å². The average molecular weight is 450 g/mol.